The highest BCUT2D eigenvalue weighted by Crippen LogP contribution is 2.18. The number of hydrogen-bond acceptors (Lipinski definition) is 8. The van der Waals surface area contributed by atoms with Crippen molar-refractivity contribution in [3.63, 3.8) is 0 Å². The van der Waals surface area contributed by atoms with Gasteiger partial charge in [-0.3, -0.25) is 4.99 Å². The van der Waals surface area contributed by atoms with E-state index in [0.29, 0.717) is 25.5 Å². The topological polar surface area (TPSA) is 107 Å². The lowest BCUT2D eigenvalue weighted by Crippen LogP contribution is -2.33. The molecule has 0 bridgehead atoms. The van der Waals surface area contributed by atoms with Crippen LogP contribution in [0.25, 0.3) is 0 Å². The number of sulfonamides is 1. The number of amidine groups is 1. The minimum atomic E-state index is -3.53. The van der Waals surface area contributed by atoms with Gasteiger partial charge in [0.2, 0.25) is 16.0 Å². The van der Waals surface area contributed by atoms with E-state index in [-0.39, 0.29) is 4.90 Å². The summed E-state index contributed by atoms with van der Waals surface area (Å²) in [5.74, 6) is 2.04. The number of aliphatic imine (C=N–C) groups is 2. The lowest BCUT2D eigenvalue weighted by atomic mass is 10.2. The maximum atomic E-state index is 12.6. The first kappa shape index (κ1) is 23.2. The molecule has 0 unspecified atom stereocenters. The van der Waals surface area contributed by atoms with Crippen molar-refractivity contribution in [2.45, 2.75) is 24.2 Å². The number of methoxy groups -OCH3 is 1. The van der Waals surface area contributed by atoms with E-state index in [1.165, 1.54) is 12.8 Å². The molecule has 4 rings (SSSR count). The highest BCUT2D eigenvalue weighted by atomic mass is 32.2. The number of hydrogen-bond donors (Lipinski definition) is 3. The van der Waals surface area contributed by atoms with E-state index in [2.05, 4.69) is 30.2 Å². The van der Waals surface area contributed by atoms with Gasteiger partial charge in [-0.05, 0) is 62.3 Å². The molecular weight excluding hydrogens is 440 g/mol. The lowest BCUT2D eigenvalue weighted by molar-refractivity contribution is 0.344. The van der Waals surface area contributed by atoms with Gasteiger partial charge in [0.15, 0.2) is 0 Å². The van der Waals surface area contributed by atoms with Crippen molar-refractivity contribution >= 4 is 33.2 Å². The lowest BCUT2D eigenvalue weighted by Gasteiger charge is -2.16. The van der Waals surface area contributed by atoms with Crippen molar-refractivity contribution in [3.05, 3.63) is 48.5 Å². The van der Waals surface area contributed by atoms with Gasteiger partial charge in [-0.2, -0.15) is 4.99 Å². The average Bonchev–Trinajstić information content (AvgIpc) is 3.33. The molecule has 176 valence electrons. The summed E-state index contributed by atoms with van der Waals surface area (Å²) >= 11 is 0. The van der Waals surface area contributed by atoms with Crippen molar-refractivity contribution in [1.29, 1.82) is 0 Å². The molecule has 0 radical (unpaired) electrons. The molecule has 33 heavy (non-hydrogen) atoms. The predicted octanol–water partition coefficient (Wildman–Crippen LogP) is 2.75. The van der Waals surface area contributed by atoms with Gasteiger partial charge in [-0.25, -0.2) is 13.1 Å². The summed E-state index contributed by atoms with van der Waals surface area (Å²) in [7, 11) is -1.90. The maximum Gasteiger partial charge on any atom is 0.240 e. The number of nitrogens with one attached hydrogen (secondary N) is 3. The summed E-state index contributed by atoms with van der Waals surface area (Å²) in [6, 6.07) is 14.3. The first-order valence-corrected chi connectivity index (χ1v) is 12.6. The largest absolute Gasteiger partial charge is 0.497 e. The Balaban J connectivity index is 1.33. The molecular formula is C23H30N6O3S. The Morgan fingerprint density at radius 2 is 1.82 bits per heavy atom. The fourth-order valence-electron chi connectivity index (χ4n) is 3.79. The van der Waals surface area contributed by atoms with Crippen LogP contribution in [-0.4, -0.2) is 64.9 Å². The van der Waals surface area contributed by atoms with Crippen LogP contribution in [0.15, 0.2) is 63.4 Å². The molecule has 2 aliphatic rings. The Morgan fingerprint density at radius 3 is 2.58 bits per heavy atom. The van der Waals surface area contributed by atoms with Crippen LogP contribution in [0.4, 0.5) is 11.4 Å². The monoisotopic (exact) mass is 470 g/mol. The highest BCUT2D eigenvalue weighted by molar-refractivity contribution is 7.89. The van der Waals surface area contributed by atoms with E-state index in [1.807, 2.05) is 24.3 Å². The van der Waals surface area contributed by atoms with Gasteiger partial charge >= 0.3 is 0 Å². The standard InChI is InChI=1S/C23H30N6O3S/c1-32-20-6-4-5-19(17-20)26-22-11-12-24-23(28-22)27-18-7-9-21(10-8-18)33(30,31)25-13-16-29-14-2-3-15-29/h4-10,17,25H,2-3,11-16H2,1H3,(H2,24,26,27,28). The quantitative estimate of drug-likeness (QED) is 0.548. The number of nitrogens with zero attached hydrogens (tertiary/aromatic N) is 3. The minimum absolute atomic E-state index is 0.240. The zero-order valence-corrected chi connectivity index (χ0v) is 19.6. The van der Waals surface area contributed by atoms with Crippen LogP contribution < -0.4 is 20.1 Å². The van der Waals surface area contributed by atoms with E-state index in [1.54, 1.807) is 31.4 Å². The van der Waals surface area contributed by atoms with Crippen molar-refractivity contribution in [2.24, 2.45) is 9.98 Å². The molecule has 2 aliphatic heterocycles. The molecule has 1 fully saturated rings. The maximum absolute atomic E-state index is 12.6. The van der Waals surface area contributed by atoms with Crippen LogP contribution in [0.1, 0.15) is 19.3 Å². The van der Waals surface area contributed by atoms with Crippen LogP contribution in [0.5, 0.6) is 5.75 Å². The highest BCUT2D eigenvalue weighted by Gasteiger charge is 2.16. The van der Waals surface area contributed by atoms with Gasteiger partial charge in [0, 0.05) is 43.5 Å². The van der Waals surface area contributed by atoms with Crippen molar-refractivity contribution < 1.29 is 13.2 Å². The van der Waals surface area contributed by atoms with E-state index in [0.717, 1.165) is 42.6 Å². The molecule has 0 amide bonds. The third kappa shape index (κ3) is 6.53. The average molecular weight is 471 g/mol. The van der Waals surface area contributed by atoms with E-state index >= 15 is 0 Å². The summed E-state index contributed by atoms with van der Waals surface area (Å²) < 4.78 is 33.1. The molecule has 0 aromatic heterocycles. The van der Waals surface area contributed by atoms with Gasteiger partial charge in [0.1, 0.15) is 11.6 Å². The van der Waals surface area contributed by atoms with Gasteiger partial charge in [0.25, 0.3) is 0 Å². The summed E-state index contributed by atoms with van der Waals surface area (Å²) in [5.41, 5.74) is 1.61. The van der Waals surface area contributed by atoms with Crippen LogP contribution in [0.3, 0.4) is 0 Å². The molecule has 0 spiro atoms. The molecule has 10 heteroatoms. The molecule has 3 N–H and O–H groups in total. The zero-order chi connectivity index (χ0) is 23.1. The van der Waals surface area contributed by atoms with Crippen LogP contribution in [-0.2, 0) is 10.0 Å². The Labute approximate surface area is 195 Å². The molecule has 0 aliphatic carbocycles. The number of benzene rings is 2. The predicted molar refractivity (Wildman–Crippen MR) is 132 cm³/mol. The second-order valence-corrected chi connectivity index (χ2v) is 9.73. The second-order valence-electron chi connectivity index (χ2n) is 7.97. The van der Waals surface area contributed by atoms with Crippen molar-refractivity contribution in [3.8, 4) is 5.75 Å². The SMILES string of the molecule is COc1cccc(NC2=NC(Nc3ccc(S(=O)(=O)NCCN4CCCC4)cc3)=NCC2)c1. The summed E-state index contributed by atoms with van der Waals surface area (Å²) in [6.07, 6.45) is 3.08. The van der Waals surface area contributed by atoms with E-state index in [9.17, 15) is 8.42 Å². The Kier molecular flexibility index (Phi) is 7.58. The Bertz CT molecular complexity index is 1110. The summed E-state index contributed by atoms with van der Waals surface area (Å²) in [6.45, 7) is 3.85. The smallest absolute Gasteiger partial charge is 0.240 e. The van der Waals surface area contributed by atoms with Gasteiger partial charge in [-0.1, -0.05) is 6.07 Å². The number of guanidine groups is 1. The molecule has 9 nitrogen and oxygen atoms in total. The van der Waals surface area contributed by atoms with Crippen molar-refractivity contribution in [1.82, 2.24) is 9.62 Å². The zero-order valence-electron chi connectivity index (χ0n) is 18.8. The molecule has 2 heterocycles. The van der Waals surface area contributed by atoms with Crippen molar-refractivity contribution in [2.75, 3.05) is 50.5 Å². The molecule has 0 saturated carbocycles. The fourth-order valence-corrected chi connectivity index (χ4v) is 4.81. The summed E-state index contributed by atoms with van der Waals surface area (Å²) in [5, 5.41) is 6.45. The van der Waals surface area contributed by atoms with E-state index < -0.39 is 10.0 Å². The molecule has 0 atom stereocenters. The number of ether oxygens (including phenoxy) is 1. The van der Waals surface area contributed by atoms with Crippen LogP contribution >= 0.6 is 0 Å². The normalized spacial score (nSPS) is 16.8. The molecule has 1 saturated heterocycles. The number of likely N-dealkylation sites (tertiary alicyclic amines) is 1. The van der Waals surface area contributed by atoms with Crippen LogP contribution in [0.2, 0.25) is 0 Å². The molecule has 2 aromatic rings. The van der Waals surface area contributed by atoms with Crippen LogP contribution in [0, 0.1) is 0 Å². The minimum Gasteiger partial charge on any atom is -0.497 e. The van der Waals surface area contributed by atoms with E-state index in [4.69, 9.17) is 4.74 Å². The number of anilines is 2. The van der Waals surface area contributed by atoms with Gasteiger partial charge in [-0.15, -0.1) is 0 Å². The fraction of sp³-hybridized carbons (Fsp3) is 0.391. The first-order chi connectivity index (χ1) is 16.0. The Hall–Kier alpha value is -2.95. The third-order valence-corrected chi connectivity index (χ3v) is 7.03. The Morgan fingerprint density at radius 1 is 1.03 bits per heavy atom. The molecule has 2 aromatic carbocycles. The summed E-state index contributed by atoms with van der Waals surface area (Å²) in [4.78, 5) is 11.5. The van der Waals surface area contributed by atoms with Gasteiger partial charge in [0.05, 0.1) is 12.0 Å². The second kappa shape index (κ2) is 10.8. The number of rotatable bonds is 8. The first-order valence-electron chi connectivity index (χ1n) is 11.1. The van der Waals surface area contributed by atoms with Gasteiger partial charge < -0.3 is 20.3 Å². The third-order valence-electron chi connectivity index (χ3n) is 5.55.